The fourth-order valence-corrected chi connectivity index (χ4v) is 3.25. The van der Waals surface area contributed by atoms with Crippen molar-refractivity contribution in [3.05, 3.63) is 74.8 Å². The second-order valence-electron chi connectivity index (χ2n) is 6.42. The standard InChI is InChI=1S/C20H22N2O2/c1-14-3-10-20(21-2)18(11-14)13-17-7-6-16(17)12-15-4-8-19(9-5-15)22(23)24/h3-5,8-12,17,21H,6-7,13H2,1-2H3/b16-12+. The molecule has 2 aromatic rings. The van der Waals surface area contributed by atoms with E-state index in [9.17, 15) is 10.1 Å². The first-order valence-electron chi connectivity index (χ1n) is 8.29. The summed E-state index contributed by atoms with van der Waals surface area (Å²) in [6, 6.07) is 13.3. The summed E-state index contributed by atoms with van der Waals surface area (Å²) in [7, 11) is 1.96. The van der Waals surface area contributed by atoms with Crippen LogP contribution in [0.3, 0.4) is 0 Å². The summed E-state index contributed by atoms with van der Waals surface area (Å²) in [6.45, 7) is 2.12. The zero-order valence-electron chi connectivity index (χ0n) is 14.1. The first kappa shape index (κ1) is 16.2. The van der Waals surface area contributed by atoms with Gasteiger partial charge in [0.1, 0.15) is 0 Å². The van der Waals surface area contributed by atoms with E-state index in [0.29, 0.717) is 5.92 Å². The van der Waals surface area contributed by atoms with Crippen LogP contribution in [-0.2, 0) is 6.42 Å². The molecule has 1 unspecified atom stereocenters. The molecule has 0 saturated heterocycles. The molecule has 3 rings (SSSR count). The van der Waals surface area contributed by atoms with E-state index in [-0.39, 0.29) is 10.6 Å². The van der Waals surface area contributed by atoms with Gasteiger partial charge in [-0.1, -0.05) is 29.3 Å². The molecule has 1 aliphatic rings. The molecule has 4 heteroatoms. The summed E-state index contributed by atoms with van der Waals surface area (Å²) in [5.41, 5.74) is 6.45. The van der Waals surface area contributed by atoms with Crippen molar-refractivity contribution in [2.45, 2.75) is 26.2 Å². The van der Waals surface area contributed by atoms with E-state index in [1.54, 1.807) is 12.1 Å². The summed E-state index contributed by atoms with van der Waals surface area (Å²) < 4.78 is 0. The molecule has 0 spiro atoms. The molecule has 1 N–H and O–H groups in total. The molecule has 1 aliphatic carbocycles. The third-order valence-electron chi connectivity index (χ3n) is 4.76. The second-order valence-corrected chi connectivity index (χ2v) is 6.42. The Kier molecular flexibility index (Phi) is 4.65. The fraction of sp³-hybridized carbons (Fsp3) is 0.300. The molecule has 1 saturated carbocycles. The van der Waals surface area contributed by atoms with Gasteiger partial charge in [0.25, 0.3) is 5.69 Å². The number of non-ortho nitro benzene ring substituents is 1. The number of hydrogen-bond acceptors (Lipinski definition) is 3. The molecule has 2 aromatic carbocycles. The Bertz CT molecular complexity index is 779. The van der Waals surface area contributed by atoms with Gasteiger partial charge in [-0.3, -0.25) is 10.1 Å². The monoisotopic (exact) mass is 322 g/mol. The van der Waals surface area contributed by atoms with Gasteiger partial charge in [-0.2, -0.15) is 0 Å². The number of nitrogens with one attached hydrogen (secondary N) is 1. The highest BCUT2D eigenvalue weighted by Gasteiger charge is 2.25. The van der Waals surface area contributed by atoms with Gasteiger partial charge < -0.3 is 5.32 Å². The van der Waals surface area contributed by atoms with Gasteiger partial charge in [0.05, 0.1) is 4.92 Å². The number of nitro benzene ring substituents is 1. The lowest BCUT2D eigenvalue weighted by Crippen LogP contribution is -2.18. The lowest BCUT2D eigenvalue weighted by atomic mass is 9.74. The Morgan fingerprint density at radius 3 is 2.58 bits per heavy atom. The highest BCUT2D eigenvalue weighted by Crippen LogP contribution is 2.39. The summed E-state index contributed by atoms with van der Waals surface area (Å²) in [6.07, 6.45) is 5.54. The molecule has 0 amide bonds. The van der Waals surface area contributed by atoms with Gasteiger partial charge in [-0.15, -0.1) is 0 Å². The van der Waals surface area contributed by atoms with Crippen molar-refractivity contribution < 1.29 is 4.92 Å². The van der Waals surface area contributed by atoms with Gasteiger partial charge in [0.2, 0.25) is 0 Å². The van der Waals surface area contributed by atoms with Crippen LogP contribution in [0.1, 0.15) is 29.5 Å². The summed E-state index contributed by atoms with van der Waals surface area (Å²) in [5, 5.41) is 14.0. The Morgan fingerprint density at radius 2 is 2.00 bits per heavy atom. The van der Waals surface area contributed by atoms with E-state index in [4.69, 9.17) is 0 Å². The van der Waals surface area contributed by atoms with Crippen molar-refractivity contribution in [2.24, 2.45) is 5.92 Å². The van der Waals surface area contributed by atoms with Crippen LogP contribution in [0.5, 0.6) is 0 Å². The van der Waals surface area contributed by atoms with Crippen LogP contribution in [0, 0.1) is 23.0 Å². The molecule has 4 nitrogen and oxygen atoms in total. The summed E-state index contributed by atoms with van der Waals surface area (Å²) >= 11 is 0. The maximum atomic E-state index is 10.7. The topological polar surface area (TPSA) is 55.2 Å². The normalized spacial score (nSPS) is 18.2. The van der Waals surface area contributed by atoms with Crippen LogP contribution in [-0.4, -0.2) is 12.0 Å². The SMILES string of the molecule is CNc1ccc(C)cc1CC1CC/C1=C\c1ccc([N+](=O)[O-])cc1. The molecular formula is C20H22N2O2. The van der Waals surface area contributed by atoms with E-state index in [1.807, 2.05) is 19.2 Å². The van der Waals surface area contributed by atoms with Gasteiger partial charge in [-0.05, 0) is 61.4 Å². The molecule has 0 aliphatic heterocycles. The largest absolute Gasteiger partial charge is 0.388 e. The predicted octanol–water partition coefficient (Wildman–Crippen LogP) is 4.98. The van der Waals surface area contributed by atoms with Crippen molar-refractivity contribution in [2.75, 3.05) is 12.4 Å². The van der Waals surface area contributed by atoms with Gasteiger partial charge >= 0.3 is 0 Å². The smallest absolute Gasteiger partial charge is 0.269 e. The van der Waals surface area contributed by atoms with Crippen LogP contribution in [0.15, 0.2) is 48.0 Å². The lowest BCUT2D eigenvalue weighted by molar-refractivity contribution is -0.384. The average Bonchev–Trinajstić information content (AvgIpc) is 2.57. The number of benzene rings is 2. The van der Waals surface area contributed by atoms with Crippen molar-refractivity contribution in [1.82, 2.24) is 0 Å². The van der Waals surface area contributed by atoms with Crippen LogP contribution >= 0.6 is 0 Å². The number of nitrogens with zero attached hydrogens (tertiary/aromatic N) is 1. The summed E-state index contributed by atoms with van der Waals surface area (Å²) in [4.78, 5) is 10.4. The number of anilines is 1. The Labute approximate surface area is 142 Å². The quantitative estimate of drug-likeness (QED) is 0.624. The highest BCUT2D eigenvalue weighted by molar-refractivity contribution is 5.58. The predicted molar refractivity (Wildman–Crippen MR) is 98.2 cm³/mol. The molecule has 0 aromatic heterocycles. The Morgan fingerprint density at radius 1 is 1.25 bits per heavy atom. The van der Waals surface area contributed by atoms with Crippen molar-refractivity contribution in [3.63, 3.8) is 0 Å². The number of allylic oxidation sites excluding steroid dienone is 1. The number of nitro groups is 1. The molecule has 24 heavy (non-hydrogen) atoms. The number of aryl methyl sites for hydroxylation is 1. The fourth-order valence-electron chi connectivity index (χ4n) is 3.25. The highest BCUT2D eigenvalue weighted by atomic mass is 16.6. The zero-order chi connectivity index (χ0) is 17.1. The van der Waals surface area contributed by atoms with Gasteiger partial charge in [0.15, 0.2) is 0 Å². The van der Waals surface area contributed by atoms with E-state index < -0.39 is 0 Å². The third kappa shape index (κ3) is 3.48. The molecule has 1 atom stereocenters. The Hall–Kier alpha value is -2.62. The third-order valence-corrected chi connectivity index (χ3v) is 4.76. The zero-order valence-corrected chi connectivity index (χ0v) is 14.1. The minimum Gasteiger partial charge on any atom is -0.388 e. The lowest BCUT2D eigenvalue weighted by Gasteiger charge is -2.31. The minimum absolute atomic E-state index is 0.140. The Balaban J connectivity index is 1.75. The van der Waals surface area contributed by atoms with Crippen molar-refractivity contribution in [3.8, 4) is 0 Å². The summed E-state index contributed by atoms with van der Waals surface area (Å²) in [5.74, 6) is 0.564. The molecule has 1 fully saturated rings. The van der Waals surface area contributed by atoms with Crippen LogP contribution in [0.4, 0.5) is 11.4 Å². The van der Waals surface area contributed by atoms with Gasteiger partial charge in [0, 0.05) is 24.9 Å². The molecule has 124 valence electrons. The van der Waals surface area contributed by atoms with Crippen molar-refractivity contribution in [1.29, 1.82) is 0 Å². The molecule has 0 bridgehead atoms. The number of rotatable bonds is 5. The van der Waals surface area contributed by atoms with Crippen LogP contribution in [0.2, 0.25) is 0 Å². The first-order chi connectivity index (χ1) is 11.6. The second kappa shape index (κ2) is 6.87. The average molecular weight is 322 g/mol. The van der Waals surface area contributed by atoms with E-state index in [1.165, 1.54) is 28.8 Å². The maximum absolute atomic E-state index is 10.7. The van der Waals surface area contributed by atoms with Crippen LogP contribution in [0.25, 0.3) is 6.08 Å². The minimum atomic E-state index is -0.361. The maximum Gasteiger partial charge on any atom is 0.269 e. The molecule has 0 heterocycles. The first-order valence-corrected chi connectivity index (χ1v) is 8.29. The van der Waals surface area contributed by atoms with Crippen LogP contribution < -0.4 is 5.32 Å². The molecular weight excluding hydrogens is 300 g/mol. The van der Waals surface area contributed by atoms with Gasteiger partial charge in [-0.25, -0.2) is 0 Å². The van der Waals surface area contributed by atoms with Crippen molar-refractivity contribution >= 4 is 17.5 Å². The van der Waals surface area contributed by atoms with E-state index >= 15 is 0 Å². The van der Waals surface area contributed by atoms with E-state index in [2.05, 4.69) is 36.5 Å². The molecule has 0 radical (unpaired) electrons. The van der Waals surface area contributed by atoms with E-state index in [0.717, 1.165) is 18.4 Å². The number of hydrogen-bond donors (Lipinski definition) is 1.